The number of amides is 1. The highest BCUT2D eigenvalue weighted by Gasteiger charge is 2.14. The van der Waals surface area contributed by atoms with Gasteiger partial charge in [0, 0.05) is 4.88 Å². The lowest BCUT2D eigenvalue weighted by Crippen LogP contribution is -2.28. The van der Waals surface area contributed by atoms with E-state index in [0.717, 1.165) is 10.4 Å². The molecule has 1 N–H and O–H groups in total. The fraction of sp³-hybridized carbons (Fsp3) is 0.235. The Hall–Kier alpha value is -2.67. The molecule has 0 spiro atoms. The van der Waals surface area contributed by atoms with E-state index in [0.29, 0.717) is 21.7 Å². The summed E-state index contributed by atoms with van der Waals surface area (Å²) in [6, 6.07) is 7.12. The maximum atomic E-state index is 12.6. The highest BCUT2D eigenvalue weighted by Crippen LogP contribution is 2.25. The summed E-state index contributed by atoms with van der Waals surface area (Å²) in [6.07, 6.45) is 1.42. The third kappa shape index (κ3) is 2.90. The van der Waals surface area contributed by atoms with Gasteiger partial charge in [-0.3, -0.25) is 14.2 Å². The van der Waals surface area contributed by atoms with E-state index in [1.807, 2.05) is 19.9 Å². The molecule has 7 heteroatoms. The second kappa shape index (κ2) is 6.45. The monoisotopic (exact) mass is 343 g/mol. The molecule has 0 saturated carbocycles. The fourth-order valence-corrected chi connectivity index (χ4v) is 3.46. The number of rotatable bonds is 4. The first kappa shape index (κ1) is 16.2. The van der Waals surface area contributed by atoms with Crippen LogP contribution in [0.2, 0.25) is 0 Å². The van der Waals surface area contributed by atoms with Crippen molar-refractivity contribution in [3.05, 3.63) is 51.4 Å². The molecule has 0 bridgehead atoms. The van der Waals surface area contributed by atoms with Gasteiger partial charge in [0.05, 0.1) is 24.5 Å². The van der Waals surface area contributed by atoms with Gasteiger partial charge in [-0.05, 0) is 31.5 Å². The Balaban J connectivity index is 1.87. The molecule has 0 fully saturated rings. The van der Waals surface area contributed by atoms with Gasteiger partial charge >= 0.3 is 0 Å². The van der Waals surface area contributed by atoms with Crippen molar-refractivity contribution in [2.24, 2.45) is 0 Å². The van der Waals surface area contributed by atoms with Crippen molar-refractivity contribution in [2.45, 2.75) is 20.4 Å². The van der Waals surface area contributed by atoms with Crippen LogP contribution in [0.4, 0.5) is 5.69 Å². The van der Waals surface area contributed by atoms with E-state index in [1.54, 1.807) is 18.2 Å². The number of ether oxygens (including phenoxy) is 1. The maximum Gasteiger partial charge on any atom is 0.262 e. The van der Waals surface area contributed by atoms with Crippen molar-refractivity contribution >= 4 is 33.1 Å². The second-order valence-electron chi connectivity index (χ2n) is 5.39. The Labute approximate surface area is 142 Å². The third-order valence-electron chi connectivity index (χ3n) is 3.85. The molecule has 3 rings (SSSR count). The smallest absolute Gasteiger partial charge is 0.262 e. The molecule has 124 valence electrons. The molecule has 0 aliphatic heterocycles. The molecular weight excluding hydrogens is 326 g/mol. The number of fused-ring (bicyclic) bond motifs is 1. The molecule has 0 atom stereocenters. The molecule has 1 amide bonds. The number of para-hydroxylation sites is 2. The van der Waals surface area contributed by atoms with Gasteiger partial charge in [-0.15, -0.1) is 11.3 Å². The van der Waals surface area contributed by atoms with Crippen LogP contribution in [0, 0.1) is 13.8 Å². The van der Waals surface area contributed by atoms with Crippen LogP contribution in [-0.2, 0) is 11.3 Å². The number of carbonyl (C=O) groups is 1. The molecule has 3 aromatic rings. The fourth-order valence-electron chi connectivity index (χ4n) is 2.47. The first-order chi connectivity index (χ1) is 11.5. The summed E-state index contributed by atoms with van der Waals surface area (Å²) >= 11 is 1.49. The van der Waals surface area contributed by atoms with E-state index >= 15 is 0 Å². The van der Waals surface area contributed by atoms with E-state index in [2.05, 4.69) is 10.3 Å². The molecule has 1 aromatic carbocycles. The van der Waals surface area contributed by atoms with E-state index in [9.17, 15) is 9.59 Å². The Morgan fingerprint density at radius 1 is 1.33 bits per heavy atom. The number of hydrogen-bond acceptors (Lipinski definition) is 5. The number of aromatic nitrogens is 2. The Morgan fingerprint density at radius 3 is 2.83 bits per heavy atom. The Bertz CT molecular complexity index is 975. The molecule has 24 heavy (non-hydrogen) atoms. The van der Waals surface area contributed by atoms with Gasteiger partial charge in [0.15, 0.2) is 0 Å². The first-order valence-corrected chi connectivity index (χ1v) is 8.21. The SMILES string of the molecule is COc1ccccc1NC(=O)Cn1cnc2sc(C)c(C)c2c1=O. The summed E-state index contributed by atoms with van der Waals surface area (Å²) in [7, 11) is 1.54. The van der Waals surface area contributed by atoms with Gasteiger partial charge in [0.25, 0.3) is 5.56 Å². The van der Waals surface area contributed by atoms with Crippen molar-refractivity contribution in [1.29, 1.82) is 0 Å². The molecule has 0 radical (unpaired) electrons. The Kier molecular flexibility index (Phi) is 4.35. The van der Waals surface area contributed by atoms with Gasteiger partial charge in [-0.25, -0.2) is 4.98 Å². The topological polar surface area (TPSA) is 73.2 Å². The quantitative estimate of drug-likeness (QED) is 0.790. The van der Waals surface area contributed by atoms with E-state index in [-0.39, 0.29) is 18.0 Å². The Morgan fingerprint density at radius 2 is 2.08 bits per heavy atom. The molecule has 0 aliphatic carbocycles. The number of hydrogen-bond donors (Lipinski definition) is 1. The van der Waals surface area contributed by atoms with Crippen LogP contribution >= 0.6 is 11.3 Å². The van der Waals surface area contributed by atoms with E-state index in [1.165, 1.54) is 29.3 Å². The molecule has 6 nitrogen and oxygen atoms in total. The number of benzene rings is 1. The van der Waals surface area contributed by atoms with Crippen LogP contribution < -0.4 is 15.6 Å². The van der Waals surface area contributed by atoms with E-state index in [4.69, 9.17) is 4.74 Å². The largest absolute Gasteiger partial charge is 0.495 e. The van der Waals surface area contributed by atoms with Crippen LogP contribution in [0.3, 0.4) is 0 Å². The number of methoxy groups -OCH3 is 1. The summed E-state index contributed by atoms with van der Waals surface area (Å²) in [6.45, 7) is 3.75. The minimum absolute atomic E-state index is 0.103. The average Bonchev–Trinajstić information content (AvgIpc) is 2.86. The zero-order valence-corrected chi connectivity index (χ0v) is 14.4. The van der Waals surface area contributed by atoms with Crippen LogP contribution in [0.1, 0.15) is 10.4 Å². The third-order valence-corrected chi connectivity index (χ3v) is 4.97. The predicted octanol–water partition coefficient (Wildman–Crippen LogP) is 2.72. The normalized spacial score (nSPS) is 10.8. The molecule has 2 aromatic heterocycles. The summed E-state index contributed by atoms with van der Waals surface area (Å²) in [5, 5.41) is 3.34. The van der Waals surface area contributed by atoms with Crippen molar-refractivity contribution in [3.63, 3.8) is 0 Å². The average molecular weight is 343 g/mol. The van der Waals surface area contributed by atoms with Crippen LogP contribution in [-0.4, -0.2) is 22.6 Å². The standard InChI is InChI=1S/C17H17N3O3S/c1-10-11(2)24-16-15(10)17(22)20(9-18-16)8-14(21)19-12-6-4-5-7-13(12)23-3/h4-7,9H,8H2,1-3H3,(H,19,21). The summed E-state index contributed by atoms with van der Waals surface area (Å²) in [5.41, 5.74) is 1.29. The zero-order valence-electron chi connectivity index (χ0n) is 13.6. The van der Waals surface area contributed by atoms with Crippen molar-refractivity contribution in [1.82, 2.24) is 9.55 Å². The number of carbonyl (C=O) groups excluding carboxylic acids is 1. The number of nitrogens with zero attached hydrogens (tertiary/aromatic N) is 2. The van der Waals surface area contributed by atoms with Crippen LogP contribution in [0.25, 0.3) is 10.2 Å². The van der Waals surface area contributed by atoms with Gasteiger partial charge in [-0.1, -0.05) is 12.1 Å². The lowest BCUT2D eigenvalue weighted by atomic mass is 10.2. The number of aryl methyl sites for hydroxylation is 2. The van der Waals surface area contributed by atoms with Gasteiger partial charge < -0.3 is 10.1 Å². The highest BCUT2D eigenvalue weighted by molar-refractivity contribution is 7.18. The van der Waals surface area contributed by atoms with Crippen molar-refractivity contribution in [3.8, 4) is 5.75 Å². The molecule has 2 heterocycles. The van der Waals surface area contributed by atoms with Crippen LogP contribution in [0.15, 0.2) is 35.4 Å². The minimum atomic E-state index is -0.313. The van der Waals surface area contributed by atoms with Crippen LogP contribution in [0.5, 0.6) is 5.75 Å². The summed E-state index contributed by atoms with van der Waals surface area (Å²) < 4.78 is 6.53. The highest BCUT2D eigenvalue weighted by atomic mass is 32.1. The maximum absolute atomic E-state index is 12.6. The van der Waals surface area contributed by atoms with Gasteiger partial charge in [-0.2, -0.15) is 0 Å². The number of anilines is 1. The minimum Gasteiger partial charge on any atom is -0.495 e. The molecular formula is C17H17N3O3S. The first-order valence-electron chi connectivity index (χ1n) is 7.39. The molecule has 0 unspecified atom stereocenters. The van der Waals surface area contributed by atoms with E-state index < -0.39 is 0 Å². The predicted molar refractivity (Wildman–Crippen MR) is 95.0 cm³/mol. The molecule has 0 aliphatic rings. The van der Waals surface area contributed by atoms with Crippen molar-refractivity contribution < 1.29 is 9.53 Å². The number of nitrogens with one attached hydrogen (secondary N) is 1. The lowest BCUT2D eigenvalue weighted by Gasteiger charge is -2.10. The summed E-state index contributed by atoms with van der Waals surface area (Å²) in [4.78, 5) is 30.9. The van der Waals surface area contributed by atoms with Crippen molar-refractivity contribution in [2.75, 3.05) is 12.4 Å². The molecule has 0 saturated heterocycles. The van der Waals surface area contributed by atoms with Gasteiger partial charge in [0.2, 0.25) is 5.91 Å². The second-order valence-corrected chi connectivity index (χ2v) is 6.59. The number of thiophene rings is 1. The van der Waals surface area contributed by atoms with Gasteiger partial charge in [0.1, 0.15) is 17.1 Å². The lowest BCUT2D eigenvalue weighted by molar-refractivity contribution is -0.116. The zero-order chi connectivity index (χ0) is 17.3. The summed E-state index contributed by atoms with van der Waals surface area (Å²) in [5.74, 6) is 0.253.